The summed E-state index contributed by atoms with van der Waals surface area (Å²) in [7, 11) is 0. The summed E-state index contributed by atoms with van der Waals surface area (Å²) in [4.78, 5) is 27.1. The standard InChI is InChI=1S/C11H13N3O2S/c1-7-4-8(2-3-12-7)13-11(16)9-5-17-6-10(15)14-9/h2-4,9H,5-6H2,1H3,(H,14,15)(H,12,13,16). The van der Waals surface area contributed by atoms with E-state index in [4.69, 9.17) is 0 Å². The normalized spacial score (nSPS) is 19.6. The van der Waals surface area contributed by atoms with E-state index in [1.54, 1.807) is 18.3 Å². The molecule has 2 rings (SSSR count). The summed E-state index contributed by atoms with van der Waals surface area (Å²) in [6.45, 7) is 1.86. The molecule has 1 aromatic rings. The topological polar surface area (TPSA) is 71.1 Å². The lowest BCUT2D eigenvalue weighted by Gasteiger charge is -2.22. The van der Waals surface area contributed by atoms with Crippen molar-refractivity contribution >= 4 is 29.3 Å². The van der Waals surface area contributed by atoms with E-state index in [0.29, 0.717) is 17.2 Å². The van der Waals surface area contributed by atoms with Crippen molar-refractivity contribution in [1.29, 1.82) is 0 Å². The molecule has 0 aromatic carbocycles. The molecule has 1 aromatic heterocycles. The molecule has 1 saturated heterocycles. The molecule has 1 aliphatic heterocycles. The molecule has 5 nitrogen and oxygen atoms in total. The molecule has 1 atom stereocenters. The molecule has 1 fully saturated rings. The molecule has 1 unspecified atom stereocenters. The predicted molar refractivity (Wildman–Crippen MR) is 66.9 cm³/mol. The largest absolute Gasteiger partial charge is 0.343 e. The third kappa shape index (κ3) is 3.20. The number of carbonyl (C=O) groups excluding carboxylic acids is 2. The van der Waals surface area contributed by atoms with Crippen LogP contribution in [-0.2, 0) is 9.59 Å². The van der Waals surface area contributed by atoms with Crippen LogP contribution >= 0.6 is 11.8 Å². The molecule has 1 aliphatic rings. The van der Waals surface area contributed by atoms with Gasteiger partial charge >= 0.3 is 0 Å². The first kappa shape index (κ1) is 11.9. The van der Waals surface area contributed by atoms with Gasteiger partial charge in [0.05, 0.1) is 5.75 Å². The summed E-state index contributed by atoms with van der Waals surface area (Å²) >= 11 is 1.47. The van der Waals surface area contributed by atoms with E-state index in [0.717, 1.165) is 5.69 Å². The fourth-order valence-corrected chi connectivity index (χ4v) is 2.40. The number of pyridine rings is 1. The Morgan fingerprint density at radius 1 is 1.65 bits per heavy atom. The van der Waals surface area contributed by atoms with Crippen LogP contribution in [0.2, 0.25) is 0 Å². The zero-order valence-electron chi connectivity index (χ0n) is 9.40. The number of amides is 2. The molecular formula is C11H13N3O2S. The van der Waals surface area contributed by atoms with Crippen molar-refractivity contribution < 1.29 is 9.59 Å². The van der Waals surface area contributed by atoms with E-state index in [1.807, 2.05) is 6.92 Å². The molecule has 0 bridgehead atoms. The number of nitrogens with one attached hydrogen (secondary N) is 2. The average Bonchev–Trinajstić information content (AvgIpc) is 2.29. The number of aryl methyl sites for hydroxylation is 1. The van der Waals surface area contributed by atoms with Crippen LogP contribution < -0.4 is 10.6 Å². The lowest BCUT2D eigenvalue weighted by atomic mass is 10.2. The predicted octanol–water partition coefficient (Wildman–Crippen LogP) is 0.560. The first-order chi connectivity index (χ1) is 8.15. The number of hydrogen-bond acceptors (Lipinski definition) is 4. The van der Waals surface area contributed by atoms with E-state index in [9.17, 15) is 9.59 Å². The van der Waals surface area contributed by atoms with Gasteiger partial charge in [0.2, 0.25) is 11.8 Å². The van der Waals surface area contributed by atoms with Crippen molar-refractivity contribution in [3.05, 3.63) is 24.0 Å². The fraction of sp³-hybridized carbons (Fsp3) is 0.364. The first-order valence-corrected chi connectivity index (χ1v) is 6.41. The highest BCUT2D eigenvalue weighted by atomic mass is 32.2. The van der Waals surface area contributed by atoms with Crippen molar-refractivity contribution in [2.24, 2.45) is 0 Å². The maximum Gasteiger partial charge on any atom is 0.247 e. The van der Waals surface area contributed by atoms with Crippen LogP contribution in [0.3, 0.4) is 0 Å². The molecular weight excluding hydrogens is 238 g/mol. The van der Waals surface area contributed by atoms with Crippen LogP contribution in [0.25, 0.3) is 0 Å². The molecule has 0 aliphatic carbocycles. The third-order valence-electron chi connectivity index (χ3n) is 2.33. The minimum atomic E-state index is -0.449. The Kier molecular flexibility index (Phi) is 3.63. The SMILES string of the molecule is Cc1cc(NC(=O)C2CSCC(=O)N2)ccn1. The van der Waals surface area contributed by atoms with Gasteiger partial charge in [0.15, 0.2) is 0 Å². The van der Waals surface area contributed by atoms with Gasteiger partial charge in [-0.1, -0.05) is 0 Å². The Hall–Kier alpha value is -1.56. The summed E-state index contributed by atoms with van der Waals surface area (Å²) in [6.07, 6.45) is 1.64. The number of hydrogen-bond donors (Lipinski definition) is 2. The lowest BCUT2D eigenvalue weighted by molar-refractivity contribution is -0.124. The number of anilines is 1. The first-order valence-electron chi connectivity index (χ1n) is 5.26. The van der Waals surface area contributed by atoms with Crippen molar-refractivity contribution in [3.63, 3.8) is 0 Å². The van der Waals surface area contributed by atoms with Crippen molar-refractivity contribution in [2.75, 3.05) is 16.8 Å². The second kappa shape index (κ2) is 5.18. The van der Waals surface area contributed by atoms with Gasteiger partial charge in [-0.15, -0.1) is 11.8 Å². The number of thioether (sulfide) groups is 1. The van der Waals surface area contributed by atoms with Crippen LogP contribution in [0.4, 0.5) is 5.69 Å². The number of nitrogens with zero attached hydrogens (tertiary/aromatic N) is 1. The molecule has 2 N–H and O–H groups in total. The Bertz CT molecular complexity index is 450. The van der Waals surface area contributed by atoms with Crippen LogP contribution in [0.5, 0.6) is 0 Å². The molecule has 0 saturated carbocycles. The van der Waals surface area contributed by atoms with E-state index >= 15 is 0 Å². The van der Waals surface area contributed by atoms with E-state index in [1.165, 1.54) is 11.8 Å². The monoisotopic (exact) mass is 251 g/mol. The maximum atomic E-state index is 11.9. The summed E-state index contributed by atoms with van der Waals surface area (Å²) in [5.74, 6) is 0.767. The Balaban J connectivity index is 1.99. The molecule has 2 amide bonds. The number of aromatic nitrogens is 1. The zero-order chi connectivity index (χ0) is 12.3. The maximum absolute atomic E-state index is 11.9. The summed E-state index contributed by atoms with van der Waals surface area (Å²) in [5.41, 5.74) is 1.54. The van der Waals surface area contributed by atoms with Crippen molar-refractivity contribution in [3.8, 4) is 0 Å². The molecule has 6 heteroatoms. The van der Waals surface area contributed by atoms with Crippen LogP contribution in [-0.4, -0.2) is 34.3 Å². The van der Waals surface area contributed by atoms with Crippen molar-refractivity contribution in [1.82, 2.24) is 10.3 Å². The van der Waals surface area contributed by atoms with Gasteiger partial charge < -0.3 is 10.6 Å². The van der Waals surface area contributed by atoms with Gasteiger partial charge in [0.1, 0.15) is 6.04 Å². The highest BCUT2D eigenvalue weighted by molar-refractivity contribution is 8.00. The Morgan fingerprint density at radius 2 is 2.47 bits per heavy atom. The minimum Gasteiger partial charge on any atom is -0.343 e. The minimum absolute atomic E-state index is 0.0905. The molecule has 90 valence electrons. The summed E-state index contributed by atoms with van der Waals surface area (Å²) in [5, 5.41) is 5.43. The zero-order valence-corrected chi connectivity index (χ0v) is 10.2. The fourth-order valence-electron chi connectivity index (χ4n) is 1.54. The Labute approximate surface area is 103 Å². The molecule has 2 heterocycles. The number of rotatable bonds is 2. The molecule has 17 heavy (non-hydrogen) atoms. The van der Waals surface area contributed by atoms with Crippen LogP contribution in [0, 0.1) is 6.92 Å². The Morgan fingerprint density at radius 3 is 3.18 bits per heavy atom. The second-order valence-corrected chi connectivity index (χ2v) is 4.84. The summed E-state index contributed by atoms with van der Waals surface area (Å²) < 4.78 is 0. The molecule has 0 spiro atoms. The quantitative estimate of drug-likeness (QED) is 0.805. The third-order valence-corrected chi connectivity index (χ3v) is 3.37. The van der Waals surface area contributed by atoms with Gasteiger partial charge in [-0.2, -0.15) is 0 Å². The number of carbonyl (C=O) groups is 2. The van der Waals surface area contributed by atoms with Crippen LogP contribution in [0.15, 0.2) is 18.3 Å². The van der Waals surface area contributed by atoms with Crippen molar-refractivity contribution in [2.45, 2.75) is 13.0 Å². The average molecular weight is 251 g/mol. The van der Waals surface area contributed by atoms with Gasteiger partial charge in [0, 0.05) is 23.3 Å². The molecule has 0 radical (unpaired) electrons. The highest BCUT2D eigenvalue weighted by Gasteiger charge is 2.24. The van der Waals surface area contributed by atoms with Crippen LogP contribution in [0.1, 0.15) is 5.69 Å². The van der Waals surface area contributed by atoms with Gasteiger partial charge in [-0.3, -0.25) is 14.6 Å². The van der Waals surface area contributed by atoms with Gasteiger partial charge in [0.25, 0.3) is 0 Å². The smallest absolute Gasteiger partial charge is 0.247 e. The van der Waals surface area contributed by atoms with E-state index in [2.05, 4.69) is 15.6 Å². The lowest BCUT2D eigenvalue weighted by Crippen LogP contribution is -2.49. The van der Waals surface area contributed by atoms with Gasteiger partial charge in [-0.05, 0) is 19.1 Å². The summed E-state index contributed by atoms with van der Waals surface area (Å²) in [6, 6.07) is 3.06. The van der Waals surface area contributed by atoms with E-state index < -0.39 is 6.04 Å². The second-order valence-electron chi connectivity index (χ2n) is 3.81. The van der Waals surface area contributed by atoms with Gasteiger partial charge in [-0.25, -0.2) is 0 Å². The highest BCUT2D eigenvalue weighted by Crippen LogP contribution is 2.12. The van der Waals surface area contributed by atoms with E-state index in [-0.39, 0.29) is 11.8 Å².